The zero-order valence-corrected chi connectivity index (χ0v) is 10.3. The third-order valence-electron chi connectivity index (χ3n) is 2.92. The highest BCUT2D eigenvalue weighted by Crippen LogP contribution is 2.18. The van der Waals surface area contributed by atoms with E-state index in [0.717, 1.165) is 17.7 Å². The predicted molar refractivity (Wildman–Crippen MR) is 71.5 cm³/mol. The van der Waals surface area contributed by atoms with Gasteiger partial charge in [0.05, 0.1) is 0 Å². The van der Waals surface area contributed by atoms with Crippen LogP contribution in [0.25, 0.3) is 0 Å². The van der Waals surface area contributed by atoms with Crippen molar-refractivity contribution in [3.8, 4) is 11.5 Å². The van der Waals surface area contributed by atoms with Crippen LogP contribution in [0.5, 0.6) is 11.5 Å². The van der Waals surface area contributed by atoms with Crippen LogP contribution in [0.3, 0.4) is 0 Å². The smallest absolute Gasteiger partial charge is 0.115 e. The SMILES string of the molecule is CC(NCc1ccc(O)cc1)c1cccc(O)c1. The minimum atomic E-state index is 0.158. The van der Waals surface area contributed by atoms with Gasteiger partial charge in [0.25, 0.3) is 0 Å². The van der Waals surface area contributed by atoms with Crippen LogP contribution in [0.15, 0.2) is 48.5 Å². The largest absolute Gasteiger partial charge is 0.508 e. The molecule has 3 heteroatoms. The first-order valence-electron chi connectivity index (χ1n) is 5.95. The van der Waals surface area contributed by atoms with Crippen molar-refractivity contribution >= 4 is 0 Å². The monoisotopic (exact) mass is 243 g/mol. The lowest BCUT2D eigenvalue weighted by atomic mass is 10.1. The molecule has 2 aromatic carbocycles. The average Bonchev–Trinajstić information content (AvgIpc) is 2.38. The molecule has 0 radical (unpaired) electrons. The molecule has 0 amide bonds. The first-order chi connectivity index (χ1) is 8.65. The van der Waals surface area contributed by atoms with Gasteiger partial charge >= 0.3 is 0 Å². The van der Waals surface area contributed by atoms with E-state index in [4.69, 9.17) is 0 Å². The number of phenols is 2. The van der Waals surface area contributed by atoms with E-state index in [1.807, 2.05) is 24.3 Å². The van der Waals surface area contributed by atoms with Gasteiger partial charge in [0.15, 0.2) is 0 Å². The maximum absolute atomic E-state index is 9.42. The van der Waals surface area contributed by atoms with Gasteiger partial charge in [-0.25, -0.2) is 0 Å². The van der Waals surface area contributed by atoms with Crippen LogP contribution < -0.4 is 5.32 Å². The molecule has 0 aromatic heterocycles. The van der Waals surface area contributed by atoms with Crippen molar-refractivity contribution in [2.24, 2.45) is 0 Å². The molecule has 2 rings (SSSR count). The molecule has 0 aliphatic heterocycles. The summed E-state index contributed by atoms with van der Waals surface area (Å²) < 4.78 is 0. The van der Waals surface area contributed by atoms with Crippen molar-refractivity contribution in [1.29, 1.82) is 0 Å². The Labute approximate surface area is 107 Å². The van der Waals surface area contributed by atoms with Gasteiger partial charge < -0.3 is 15.5 Å². The van der Waals surface area contributed by atoms with Crippen LogP contribution >= 0.6 is 0 Å². The molecule has 1 atom stereocenters. The van der Waals surface area contributed by atoms with Crippen LogP contribution in [-0.4, -0.2) is 10.2 Å². The molecule has 3 nitrogen and oxygen atoms in total. The summed E-state index contributed by atoms with van der Waals surface area (Å²) >= 11 is 0. The normalized spacial score (nSPS) is 12.3. The van der Waals surface area contributed by atoms with Crippen molar-refractivity contribution in [2.75, 3.05) is 0 Å². The second kappa shape index (κ2) is 5.56. The Balaban J connectivity index is 1.96. The maximum Gasteiger partial charge on any atom is 0.115 e. The lowest BCUT2D eigenvalue weighted by molar-refractivity contribution is 0.471. The molecule has 0 saturated heterocycles. The highest BCUT2D eigenvalue weighted by Gasteiger charge is 2.05. The Morgan fingerprint density at radius 2 is 1.72 bits per heavy atom. The number of hydrogen-bond acceptors (Lipinski definition) is 3. The number of aromatic hydroxyl groups is 2. The topological polar surface area (TPSA) is 52.5 Å². The molecule has 1 unspecified atom stereocenters. The number of phenolic OH excluding ortho intramolecular Hbond substituents is 2. The summed E-state index contributed by atoms with van der Waals surface area (Å²) in [5, 5.41) is 22.0. The molecule has 94 valence electrons. The minimum absolute atomic E-state index is 0.158. The van der Waals surface area contributed by atoms with Gasteiger partial charge in [-0.15, -0.1) is 0 Å². The number of nitrogens with one attached hydrogen (secondary N) is 1. The Morgan fingerprint density at radius 1 is 1.00 bits per heavy atom. The van der Waals surface area contributed by atoms with Crippen LogP contribution in [-0.2, 0) is 6.54 Å². The molecule has 0 saturated carbocycles. The van der Waals surface area contributed by atoms with Gasteiger partial charge in [0, 0.05) is 12.6 Å². The lowest BCUT2D eigenvalue weighted by Gasteiger charge is -2.14. The van der Waals surface area contributed by atoms with E-state index in [0.29, 0.717) is 0 Å². The fourth-order valence-electron chi connectivity index (χ4n) is 1.80. The molecule has 0 aliphatic carbocycles. The quantitative estimate of drug-likeness (QED) is 0.773. The van der Waals surface area contributed by atoms with Crippen molar-refractivity contribution in [3.63, 3.8) is 0 Å². The zero-order chi connectivity index (χ0) is 13.0. The highest BCUT2D eigenvalue weighted by atomic mass is 16.3. The van der Waals surface area contributed by atoms with E-state index in [1.165, 1.54) is 0 Å². The number of hydrogen-bond donors (Lipinski definition) is 3. The van der Waals surface area contributed by atoms with E-state index in [2.05, 4.69) is 12.2 Å². The van der Waals surface area contributed by atoms with Gasteiger partial charge in [-0.1, -0.05) is 24.3 Å². The second-order valence-corrected chi connectivity index (χ2v) is 4.36. The van der Waals surface area contributed by atoms with Gasteiger partial charge in [0.2, 0.25) is 0 Å². The molecule has 0 bridgehead atoms. The highest BCUT2D eigenvalue weighted by molar-refractivity contribution is 5.29. The Morgan fingerprint density at radius 3 is 2.39 bits per heavy atom. The first-order valence-corrected chi connectivity index (χ1v) is 5.95. The third kappa shape index (κ3) is 3.25. The van der Waals surface area contributed by atoms with Crippen LogP contribution in [0.4, 0.5) is 0 Å². The summed E-state index contributed by atoms with van der Waals surface area (Å²) in [5.74, 6) is 0.561. The van der Waals surface area contributed by atoms with E-state index in [1.54, 1.807) is 24.3 Å². The Bertz CT molecular complexity index is 508. The van der Waals surface area contributed by atoms with Crippen LogP contribution in [0.2, 0.25) is 0 Å². The lowest BCUT2D eigenvalue weighted by Crippen LogP contribution is -2.17. The van der Waals surface area contributed by atoms with Gasteiger partial charge in [-0.2, -0.15) is 0 Å². The molecule has 0 aliphatic rings. The van der Waals surface area contributed by atoms with Crippen LogP contribution in [0.1, 0.15) is 24.1 Å². The average molecular weight is 243 g/mol. The van der Waals surface area contributed by atoms with Crippen molar-refractivity contribution < 1.29 is 10.2 Å². The standard InChI is InChI=1S/C15H17NO2/c1-11(13-3-2-4-15(18)9-13)16-10-12-5-7-14(17)8-6-12/h2-9,11,16-18H,10H2,1H3. The molecular formula is C15H17NO2. The van der Waals surface area contributed by atoms with Gasteiger partial charge in [-0.3, -0.25) is 0 Å². The summed E-state index contributed by atoms with van der Waals surface area (Å²) in [6, 6.07) is 14.5. The van der Waals surface area contributed by atoms with Gasteiger partial charge in [-0.05, 0) is 42.3 Å². The molecule has 2 aromatic rings. The first kappa shape index (κ1) is 12.5. The fraction of sp³-hybridized carbons (Fsp3) is 0.200. The molecule has 3 N–H and O–H groups in total. The molecule has 0 heterocycles. The van der Waals surface area contributed by atoms with E-state index < -0.39 is 0 Å². The molecule has 0 fully saturated rings. The molecular weight excluding hydrogens is 226 g/mol. The van der Waals surface area contributed by atoms with E-state index >= 15 is 0 Å². The fourth-order valence-corrected chi connectivity index (χ4v) is 1.80. The van der Waals surface area contributed by atoms with Crippen LogP contribution in [0, 0.1) is 0 Å². The van der Waals surface area contributed by atoms with Crippen molar-refractivity contribution in [3.05, 3.63) is 59.7 Å². The summed E-state index contributed by atoms with van der Waals surface area (Å²) in [5.41, 5.74) is 2.16. The number of rotatable bonds is 4. The summed E-state index contributed by atoms with van der Waals surface area (Å²) in [6.07, 6.45) is 0. The minimum Gasteiger partial charge on any atom is -0.508 e. The zero-order valence-electron chi connectivity index (χ0n) is 10.3. The van der Waals surface area contributed by atoms with Crippen molar-refractivity contribution in [2.45, 2.75) is 19.5 Å². The predicted octanol–water partition coefficient (Wildman–Crippen LogP) is 2.95. The maximum atomic E-state index is 9.42. The van der Waals surface area contributed by atoms with E-state index in [9.17, 15) is 10.2 Å². The van der Waals surface area contributed by atoms with E-state index in [-0.39, 0.29) is 17.5 Å². The Hall–Kier alpha value is -2.00. The van der Waals surface area contributed by atoms with Gasteiger partial charge in [0.1, 0.15) is 11.5 Å². The molecule has 0 spiro atoms. The molecule has 18 heavy (non-hydrogen) atoms. The van der Waals surface area contributed by atoms with Crippen molar-refractivity contribution in [1.82, 2.24) is 5.32 Å². The summed E-state index contributed by atoms with van der Waals surface area (Å²) in [6.45, 7) is 2.77. The summed E-state index contributed by atoms with van der Waals surface area (Å²) in [4.78, 5) is 0. The summed E-state index contributed by atoms with van der Waals surface area (Å²) in [7, 11) is 0. The number of benzene rings is 2. The second-order valence-electron chi connectivity index (χ2n) is 4.36. The third-order valence-corrected chi connectivity index (χ3v) is 2.92. The Kier molecular flexibility index (Phi) is 3.85.